The Bertz CT molecular complexity index is 610. The number of hydrogen-bond donors (Lipinski definition) is 1. The van der Waals surface area contributed by atoms with E-state index in [0.29, 0.717) is 13.1 Å². The number of carbonyl (C=O) groups is 2. The topological polar surface area (TPSA) is 72.6 Å². The number of hydrogen-bond acceptors (Lipinski definition) is 3. The van der Waals surface area contributed by atoms with Crippen LogP contribution >= 0.6 is 0 Å². The molecule has 0 radical (unpaired) electrons. The maximum Gasteiger partial charge on any atom is 0.410 e. The molecule has 1 saturated heterocycles. The minimum atomic E-state index is -0.784. The zero-order valence-corrected chi connectivity index (χ0v) is 13.8. The standard InChI is InChI=1S/C17H23FN2O3/c1-17(2,3)23-16(22)20-8-4-5-12(10-20)11-6-7-13(15(19)21)14(18)9-11/h6-7,9,12H,4-5,8,10H2,1-3H3,(H2,19,21). The van der Waals surface area contributed by atoms with Crippen LogP contribution in [0.1, 0.15) is 55.5 Å². The highest BCUT2D eigenvalue weighted by Crippen LogP contribution is 2.29. The number of amides is 2. The summed E-state index contributed by atoms with van der Waals surface area (Å²) in [5.41, 5.74) is 5.22. The van der Waals surface area contributed by atoms with Gasteiger partial charge in [0.25, 0.3) is 5.91 Å². The van der Waals surface area contributed by atoms with Crippen molar-refractivity contribution >= 4 is 12.0 Å². The van der Waals surface area contributed by atoms with Crippen LogP contribution in [0.25, 0.3) is 0 Å². The molecule has 1 aromatic rings. The molecule has 6 heteroatoms. The third-order valence-corrected chi connectivity index (χ3v) is 3.80. The van der Waals surface area contributed by atoms with Gasteiger partial charge in [-0.25, -0.2) is 9.18 Å². The van der Waals surface area contributed by atoms with E-state index in [1.54, 1.807) is 11.0 Å². The van der Waals surface area contributed by atoms with Crippen molar-refractivity contribution in [2.45, 2.75) is 45.1 Å². The highest BCUT2D eigenvalue weighted by molar-refractivity contribution is 5.93. The lowest BCUT2D eigenvalue weighted by Gasteiger charge is -2.34. The van der Waals surface area contributed by atoms with Gasteiger partial charge in [-0.1, -0.05) is 6.07 Å². The Morgan fingerprint density at radius 1 is 1.35 bits per heavy atom. The Labute approximate surface area is 135 Å². The first-order chi connectivity index (χ1) is 10.7. The first-order valence-electron chi connectivity index (χ1n) is 7.74. The van der Waals surface area contributed by atoms with Crippen molar-refractivity contribution in [1.82, 2.24) is 4.90 Å². The van der Waals surface area contributed by atoms with E-state index in [-0.39, 0.29) is 17.6 Å². The predicted molar refractivity (Wildman–Crippen MR) is 84.7 cm³/mol. The van der Waals surface area contributed by atoms with Gasteiger partial charge in [0.05, 0.1) is 5.56 Å². The van der Waals surface area contributed by atoms with Crippen LogP contribution in [0, 0.1) is 5.82 Å². The molecule has 1 fully saturated rings. The quantitative estimate of drug-likeness (QED) is 0.909. The first-order valence-corrected chi connectivity index (χ1v) is 7.74. The van der Waals surface area contributed by atoms with Crippen molar-refractivity contribution < 1.29 is 18.7 Å². The van der Waals surface area contributed by atoms with Gasteiger partial charge in [-0.2, -0.15) is 0 Å². The zero-order valence-electron chi connectivity index (χ0n) is 13.8. The second kappa shape index (κ2) is 6.56. The summed E-state index contributed by atoms with van der Waals surface area (Å²) in [6, 6.07) is 4.44. The Morgan fingerprint density at radius 2 is 2.04 bits per heavy atom. The van der Waals surface area contributed by atoms with Crippen LogP contribution in [0.5, 0.6) is 0 Å². The average molecular weight is 322 g/mol. The smallest absolute Gasteiger partial charge is 0.410 e. The molecule has 1 aromatic carbocycles. The summed E-state index contributed by atoms with van der Waals surface area (Å²) in [5.74, 6) is -1.38. The molecule has 0 aromatic heterocycles. The second-order valence-electron chi connectivity index (χ2n) is 6.87. The molecule has 2 N–H and O–H groups in total. The van der Waals surface area contributed by atoms with E-state index in [2.05, 4.69) is 0 Å². The molecule has 1 unspecified atom stereocenters. The van der Waals surface area contributed by atoms with Crippen LogP contribution in [0.3, 0.4) is 0 Å². The Kier molecular flexibility index (Phi) is 4.92. The summed E-state index contributed by atoms with van der Waals surface area (Å²) in [6.45, 7) is 6.58. The molecule has 1 aliphatic heterocycles. The number of rotatable bonds is 2. The molecule has 5 nitrogen and oxygen atoms in total. The van der Waals surface area contributed by atoms with Crippen LogP contribution in [0.2, 0.25) is 0 Å². The number of primary amides is 1. The Morgan fingerprint density at radius 3 is 2.61 bits per heavy atom. The molecule has 1 aliphatic rings. The van der Waals surface area contributed by atoms with Gasteiger partial charge in [-0.05, 0) is 51.3 Å². The number of ether oxygens (including phenoxy) is 1. The summed E-state index contributed by atoms with van der Waals surface area (Å²) < 4.78 is 19.3. The van der Waals surface area contributed by atoms with Gasteiger partial charge >= 0.3 is 6.09 Å². The van der Waals surface area contributed by atoms with Crippen molar-refractivity contribution in [1.29, 1.82) is 0 Å². The van der Waals surface area contributed by atoms with Gasteiger partial charge in [0.15, 0.2) is 0 Å². The van der Waals surface area contributed by atoms with E-state index in [1.165, 1.54) is 12.1 Å². The second-order valence-corrected chi connectivity index (χ2v) is 6.87. The molecule has 1 heterocycles. The normalized spacial score (nSPS) is 18.6. The third kappa shape index (κ3) is 4.43. The lowest BCUT2D eigenvalue weighted by Crippen LogP contribution is -2.42. The Hall–Kier alpha value is -2.11. The van der Waals surface area contributed by atoms with E-state index in [4.69, 9.17) is 10.5 Å². The SMILES string of the molecule is CC(C)(C)OC(=O)N1CCCC(c2ccc(C(N)=O)c(F)c2)C1. The number of halogens is 1. The lowest BCUT2D eigenvalue weighted by atomic mass is 9.90. The molecule has 126 valence electrons. The van der Waals surface area contributed by atoms with Crippen LogP contribution < -0.4 is 5.73 Å². The fourth-order valence-corrected chi connectivity index (χ4v) is 2.73. The summed E-state index contributed by atoms with van der Waals surface area (Å²) in [5, 5.41) is 0. The number of carbonyl (C=O) groups excluding carboxylic acids is 2. The van der Waals surface area contributed by atoms with Crippen molar-refractivity contribution in [2.75, 3.05) is 13.1 Å². The monoisotopic (exact) mass is 322 g/mol. The lowest BCUT2D eigenvalue weighted by molar-refractivity contribution is 0.0198. The summed E-state index contributed by atoms with van der Waals surface area (Å²) in [6.07, 6.45) is 1.33. The van der Waals surface area contributed by atoms with E-state index in [0.717, 1.165) is 18.4 Å². The number of nitrogens with zero attached hydrogens (tertiary/aromatic N) is 1. The zero-order chi connectivity index (χ0) is 17.2. The minimum absolute atomic E-state index is 0.0210. The minimum Gasteiger partial charge on any atom is -0.444 e. The Balaban J connectivity index is 2.11. The molecule has 23 heavy (non-hydrogen) atoms. The van der Waals surface area contributed by atoms with Crippen LogP contribution in [-0.4, -0.2) is 35.6 Å². The van der Waals surface area contributed by atoms with Gasteiger partial charge in [-0.3, -0.25) is 4.79 Å². The molecule has 2 amide bonds. The number of piperidine rings is 1. The van der Waals surface area contributed by atoms with Crippen molar-refractivity contribution in [3.63, 3.8) is 0 Å². The molecule has 0 spiro atoms. The molecule has 0 aliphatic carbocycles. The third-order valence-electron chi connectivity index (χ3n) is 3.80. The van der Waals surface area contributed by atoms with Gasteiger partial charge < -0.3 is 15.4 Å². The highest BCUT2D eigenvalue weighted by Gasteiger charge is 2.28. The maximum atomic E-state index is 13.9. The van der Waals surface area contributed by atoms with Gasteiger partial charge in [0, 0.05) is 19.0 Å². The molecule has 1 atom stereocenters. The summed E-state index contributed by atoms with van der Waals surface area (Å²) >= 11 is 0. The largest absolute Gasteiger partial charge is 0.444 e. The first kappa shape index (κ1) is 17.2. The van der Waals surface area contributed by atoms with E-state index < -0.39 is 17.3 Å². The van der Waals surface area contributed by atoms with Crippen LogP contribution in [-0.2, 0) is 4.74 Å². The van der Waals surface area contributed by atoms with Crippen molar-refractivity contribution in [3.8, 4) is 0 Å². The van der Waals surface area contributed by atoms with E-state index in [1.807, 2.05) is 20.8 Å². The van der Waals surface area contributed by atoms with Crippen LogP contribution in [0.4, 0.5) is 9.18 Å². The molecule has 0 saturated carbocycles. The number of benzene rings is 1. The molecule has 2 rings (SSSR count). The van der Waals surface area contributed by atoms with Crippen molar-refractivity contribution in [2.24, 2.45) is 5.73 Å². The number of likely N-dealkylation sites (tertiary alicyclic amines) is 1. The number of nitrogens with two attached hydrogens (primary N) is 1. The average Bonchev–Trinajstić information content (AvgIpc) is 2.45. The van der Waals surface area contributed by atoms with E-state index in [9.17, 15) is 14.0 Å². The summed E-state index contributed by atoms with van der Waals surface area (Å²) in [7, 11) is 0. The summed E-state index contributed by atoms with van der Waals surface area (Å²) in [4.78, 5) is 24.9. The highest BCUT2D eigenvalue weighted by atomic mass is 19.1. The van der Waals surface area contributed by atoms with Gasteiger partial charge in [0.1, 0.15) is 11.4 Å². The molecular weight excluding hydrogens is 299 g/mol. The van der Waals surface area contributed by atoms with Gasteiger partial charge in [-0.15, -0.1) is 0 Å². The van der Waals surface area contributed by atoms with Crippen molar-refractivity contribution in [3.05, 3.63) is 35.1 Å². The predicted octanol–water partition coefficient (Wildman–Crippen LogP) is 3.04. The fraction of sp³-hybridized carbons (Fsp3) is 0.529. The molecular formula is C17H23FN2O3. The maximum absolute atomic E-state index is 13.9. The van der Waals surface area contributed by atoms with Gasteiger partial charge in [0.2, 0.25) is 0 Å². The molecule has 0 bridgehead atoms. The van der Waals surface area contributed by atoms with E-state index >= 15 is 0 Å². The fourth-order valence-electron chi connectivity index (χ4n) is 2.73. The van der Waals surface area contributed by atoms with Crippen LogP contribution in [0.15, 0.2) is 18.2 Å².